The van der Waals surface area contributed by atoms with Crippen LogP contribution in [0.4, 0.5) is 24.5 Å². The first-order chi connectivity index (χ1) is 13.0. The van der Waals surface area contributed by atoms with Crippen molar-refractivity contribution in [2.75, 3.05) is 11.5 Å². The molecule has 0 spiro atoms. The predicted octanol–water partition coefficient (Wildman–Crippen LogP) is 7.44. The number of benzene rings is 3. The van der Waals surface area contributed by atoms with Crippen molar-refractivity contribution in [2.24, 2.45) is 0 Å². The zero-order valence-electron chi connectivity index (χ0n) is 14.6. The topological polar surface area (TPSA) is 52.0 Å². The number of nitrogen functional groups attached to an aromatic ring is 2. The van der Waals surface area contributed by atoms with Crippen molar-refractivity contribution in [3.63, 3.8) is 0 Å². The van der Waals surface area contributed by atoms with E-state index in [1.165, 1.54) is 6.07 Å². The molecule has 0 radical (unpaired) electrons. The molecule has 3 aromatic rings. The average molecular weight is 539 g/mol. The third-order valence-electron chi connectivity index (χ3n) is 3.78. The number of hydrogen-bond acceptors (Lipinski definition) is 2. The maximum Gasteiger partial charge on any atom is 0.416 e. The van der Waals surface area contributed by atoms with Gasteiger partial charge in [0.05, 0.1) is 15.6 Å². The molecule has 0 saturated heterocycles. The number of aryl methyl sites for hydroxylation is 1. The van der Waals surface area contributed by atoms with E-state index in [0.717, 1.165) is 20.7 Å². The lowest BCUT2D eigenvalue weighted by molar-refractivity contribution is -0.137. The molecule has 3 rings (SSSR count). The zero-order valence-corrected chi connectivity index (χ0v) is 18.3. The molecule has 8 heteroatoms. The van der Waals surface area contributed by atoms with Gasteiger partial charge in [0.1, 0.15) is 0 Å². The molecule has 0 aliphatic rings. The summed E-state index contributed by atoms with van der Waals surface area (Å²) in [4.78, 5) is 0. The van der Waals surface area contributed by atoms with Gasteiger partial charge in [0.15, 0.2) is 0 Å². The van der Waals surface area contributed by atoms with Crippen LogP contribution in [0.15, 0.2) is 54.6 Å². The molecule has 0 aliphatic carbocycles. The van der Waals surface area contributed by atoms with E-state index < -0.39 is 11.7 Å². The second-order valence-corrected chi connectivity index (χ2v) is 7.92. The third kappa shape index (κ3) is 5.93. The van der Waals surface area contributed by atoms with Gasteiger partial charge in [-0.1, -0.05) is 35.3 Å². The van der Waals surface area contributed by atoms with Crippen LogP contribution in [0, 0.1) is 10.5 Å². The molecule has 2 nitrogen and oxygen atoms in total. The highest BCUT2D eigenvalue weighted by Gasteiger charge is 2.30. The van der Waals surface area contributed by atoms with Gasteiger partial charge >= 0.3 is 6.18 Å². The lowest BCUT2D eigenvalue weighted by atomic mass is 9.98. The summed E-state index contributed by atoms with van der Waals surface area (Å²) in [6.07, 6.45) is -4.34. The highest BCUT2D eigenvalue weighted by molar-refractivity contribution is 14.1. The van der Waals surface area contributed by atoms with Crippen molar-refractivity contribution >= 4 is 57.2 Å². The van der Waals surface area contributed by atoms with Crippen LogP contribution in [0.1, 0.15) is 11.1 Å². The van der Waals surface area contributed by atoms with Gasteiger partial charge in [-0.25, -0.2) is 0 Å². The van der Waals surface area contributed by atoms with Crippen molar-refractivity contribution < 1.29 is 13.2 Å². The van der Waals surface area contributed by atoms with Crippen molar-refractivity contribution in [3.05, 3.63) is 79.3 Å². The molecule has 0 bridgehead atoms. The minimum Gasteiger partial charge on any atom is -0.399 e. The van der Waals surface area contributed by atoms with Crippen molar-refractivity contribution in [2.45, 2.75) is 13.1 Å². The van der Waals surface area contributed by atoms with Crippen molar-refractivity contribution in [1.29, 1.82) is 0 Å². The number of hydrogen-bond donors (Lipinski definition) is 2. The molecule has 0 heterocycles. The summed E-state index contributed by atoms with van der Waals surface area (Å²) in [6.45, 7) is 1.62. The second-order valence-electron chi connectivity index (χ2n) is 5.94. The second kappa shape index (κ2) is 9.24. The van der Waals surface area contributed by atoms with Gasteiger partial charge in [-0.3, -0.25) is 0 Å². The minimum atomic E-state index is -4.34. The Labute approximate surface area is 184 Å². The van der Waals surface area contributed by atoms with Gasteiger partial charge in [0, 0.05) is 20.5 Å². The highest BCUT2D eigenvalue weighted by Crippen LogP contribution is 2.36. The molecule has 4 N–H and O–H groups in total. The van der Waals surface area contributed by atoms with E-state index in [9.17, 15) is 13.2 Å². The quantitative estimate of drug-likeness (QED) is 0.250. The molecule has 0 aliphatic heterocycles. The van der Waals surface area contributed by atoms with Gasteiger partial charge < -0.3 is 11.5 Å². The normalized spacial score (nSPS) is 11.0. The molecule has 0 saturated carbocycles. The summed E-state index contributed by atoms with van der Waals surface area (Å²) >= 11 is 13.9. The van der Waals surface area contributed by atoms with E-state index >= 15 is 0 Å². The predicted molar refractivity (Wildman–Crippen MR) is 120 cm³/mol. The fourth-order valence-corrected chi connectivity index (χ4v) is 3.22. The number of halogens is 6. The van der Waals surface area contributed by atoms with E-state index in [-0.39, 0.29) is 0 Å². The third-order valence-corrected chi connectivity index (χ3v) is 5.67. The molecule has 0 fully saturated rings. The van der Waals surface area contributed by atoms with Crippen LogP contribution in [0.5, 0.6) is 0 Å². The smallest absolute Gasteiger partial charge is 0.399 e. The van der Waals surface area contributed by atoms with E-state index in [1.54, 1.807) is 31.2 Å². The molecule has 0 amide bonds. The fraction of sp³-hybridized carbons (Fsp3) is 0.100. The van der Waals surface area contributed by atoms with Crippen molar-refractivity contribution in [3.8, 4) is 11.1 Å². The van der Waals surface area contributed by atoms with Crippen LogP contribution >= 0.6 is 45.8 Å². The van der Waals surface area contributed by atoms with Gasteiger partial charge in [-0.2, -0.15) is 13.2 Å². The summed E-state index contributed by atoms with van der Waals surface area (Å²) in [6, 6.07) is 14.0. The van der Waals surface area contributed by atoms with Crippen LogP contribution in [-0.4, -0.2) is 0 Å². The fourth-order valence-electron chi connectivity index (χ4n) is 2.40. The van der Waals surface area contributed by atoms with Gasteiger partial charge in [0.25, 0.3) is 0 Å². The Hall–Kier alpha value is -1.64. The Kier molecular flexibility index (Phi) is 7.47. The summed E-state index contributed by atoms with van der Waals surface area (Å²) in [5.41, 5.74) is 13.4. The van der Waals surface area contributed by atoms with Crippen LogP contribution in [-0.2, 0) is 6.18 Å². The first-order valence-corrected chi connectivity index (χ1v) is 9.76. The van der Waals surface area contributed by atoms with Crippen LogP contribution < -0.4 is 11.5 Å². The SMILES string of the molecule is Cc1cc(C(F)(F)F)ccc1-c1ccc(N)cc1Cl.Nc1ccc(I)c(Cl)c1. The van der Waals surface area contributed by atoms with E-state index in [2.05, 4.69) is 22.6 Å². The first kappa shape index (κ1) is 22.6. The maximum atomic E-state index is 12.6. The Balaban J connectivity index is 0.000000261. The Morgan fingerprint density at radius 2 is 1.32 bits per heavy atom. The number of alkyl halides is 3. The van der Waals surface area contributed by atoms with Crippen LogP contribution in [0.3, 0.4) is 0 Å². The van der Waals surface area contributed by atoms with E-state index in [0.29, 0.717) is 33.1 Å². The molecule has 148 valence electrons. The zero-order chi connectivity index (χ0) is 21.1. The summed E-state index contributed by atoms with van der Waals surface area (Å²) in [5.74, 6) is 0. The number of nitrogens with two attached hydrogens (primary N) is 2. The standard InChI is InChI=1S/C14H11ClF3N.C6H5ClIN/c1-8-6-9(14(16,17)18)2-4-11(8)12-5-3-10(19)7-13(12)15;7-5-3-4(9)1-2-6(5)8/h2-7H,19H2,1H3;1-3H,9H2. The molecular weight excluding hydrogens is 523 g/mol. The molecule has 0 atom stereocenters. The summed E-state index contributed by atoms with van der Waals surface area (Å²) < 4.78 is 38.8. The first-order valence-electron chi connectivity index (χ1n) is 7.93. The van der Waals surface area contributed by atoms with Gasteiger partial charge in [0.2, 0.25) is 0 Å². The maximum absolute atomic E-state index is 12.6. The van der Waals surface area contributed by atoms with Crippen LogP contribution in [0.2, 0.25) is 10.0 Å². The van der Waals surface area contributed by atoms with Gasteiger partial charge in [-0.05, 0) is 83.1 Å². The number of rotatable bonds is 1. The summed E-state index contributed by atoms with van der Waals surface area (Å²) in [7, 11) is 0. The molecule has 0 aromatic heterocycles. The van der Waals surface area contributed by atoms with Crippen LogP contribution in [0.25, 0.3) is 11.1 Å². The molecule has 0 unspecified atom stereocenters. The lowest BCUT2D eigenvalue weighted by Gasteiger charge is -2.12. The number of anilines is 2. The lowest BCUT2D eigenvalue weighted by Crippen LogP contribution is -2.05. The molecule has 28 heavy (non-hydrogen) atoms. The van der Waals surface area contributed by atoms with Crippen molar-refractivity contribution in [1.82, 2.24) is 0 Å². The Bertz CT molecular complexity index is 992. The largest absolute Gasteiger partial charge is 0.416 e. The summed E-state index contributed by atoms with van der Waals surface area (Å²) in [5, 5.41) is 1.14. The Morgan fingerprint density at radius 3 is 1.79 bits per heavy atom. The molecular formula is C20H16Cl2F3IN2. The average Bonchev–Trinajstić information content (AvgIpc) is 2.59. The minimum absolute atomic E-state index is 0.419. The van der Waals surface area contributed by atoms with E-state index in [1.807, 2.05) is 12.1 Å². The van der Waals surface area contributed by atoms with E-state index in [4.69, 9.17) is 34.7 Å². The molecule has 3 aromatic carbocycles. The van der Waals surface area contributed by atoms with Gasteiger partial charge in [-0.15, -0.1) is 0 Å². The highest BCUT2D eigenvalue weighted by atomic mass is 127. The monoisotopic (exact) mass is 538 g/mol. The Morgan fingerprint density at radius 1 is 0.786 bits per heavy atom.